The van der Waals surface area contributed by atoms with Gasteiger partial charge in [0.05, 0.1) is 5.56 Å². The minimum atomic E-state index is -0.271. The number of hydrogen-bond acceptors (Lipinski definition) is 6. The summed E-state index contributed by atoms with van der Waals surface area (Å²) < 4.78 is 0. The van der Waals surface area contributed by atoms with Crippen LogP contribution in [-0.4, -0.2) is 21.1 Å². The fraction of sp³-hybridized carbons (Fsp3) is 0.111. The molecular weight excluding hydrogens is 226 g/mol. The van der Waals surface area contributed by atoms with Gasteiger partial charge in [-0.15, -0.1) is 10.2 Å². The van der Waals surface area contributed by atoms with Gasteiger partial charge in [-0.1, -0.05) is 11.3 Å². The molecule has 7 heteroatoms. The summed E-state index contributed by atoms with van der Waals surface area (Å²) in [5.74, 6) is -0.271. The SMILES string of the molecule is Cc1cncc(C(=O)Nc2nnc(N)s2)c1. The number of nitrogens with one attached hydrogen (secondary N) is 1. The highest BCUT2D eigenvalue weighted by Crippen LogP contribution is 2.17. The Labute approximate surface area is 95.5 Å². The largest absolute Gasteiger partial charge is 0.374 e. The van der Waals surface area contributed by atoms with E-state index < -0.39 is 0 Å². The summed E-state index contributed by atoms with van der Waals surface area (Å²) in [5, 5.41) is 10.6. The zero-order valence-corrected chi connectivity index (χ0v) is 9.28. The van der Waals surface area contributed by atoms with Crippen molar-refractivity contribution in [2.24, 2.45) is 0 Å². The predicted molar refractivity (Wildman–Crippen MR) is 61.2 cm³/mol. The van der Waals surface area contributed by atoms with Crippen molar-refractivity contribution in [2.75, 3.05) is 11.1 Å². The third-order valence-electron chi connectivity index (χ3n) is 1.80. The van der Waals surface area contributed by atoms with Crippen molar-refractivity contribution < 1.29 is 4.79 Å². The Hall–Kier alpha value is -2.02. The van der Waals surface area contributed by atoms with Crippen molar-refractivity contribution in [3.63, 3.8) is 0 Å². The van der Waals surface area contributed by atoms with Crippen LogP contribution in [-0.2, 0) is 0 Å². The van der Waals surface area contributed by atoms with E-state index in [1.54, 1.807) is 12.3 Å². The first-order valence-electron chi connectivity index (χ1n) is 4.47. The van der Waals surface area contributed by atoms with Gasteiger partial charge in [-0.3, -0.25) is 15.1 Å². The van der Waals surface area contributed by atoms with E-state index in [4.69, 9.17) is 5.73 Å². The second kappa shape index (κ2) is 4.23. The monoisotopic (exact) mass is 235 g/mol. The maximum Gasteiger partial charge on any atom is 0.259 e. The molecular formula is C9H9N5OS. The summed E-state index contributed by atoms with van der Waals surface area (Å²) in [7, 11) is 0. The second-order valence-corrected chi connectivity index (χ2v) is 4.16. The number of aryl methyl sites for hydroxylation is 1. The van der Waals surface area contributed by atoms with E-state index >= 15 is 0 Å². The van der Waals surface area contributed by atoms with Crippen LogP contribution >= 0.6 is 11.3 Å². The van der Waals surface area contributed by atoms with Gasteiger partial charge in [0.25, 0.3) is 5.91 Å². The molecule has 0 radical (unpaired) electrons. The molecule has 2 aromatic rings. The summed E-state index contributed by atoms with van der Waals surface area (Å²) in [4.78, 5) is 15.7. The molecule has 2 heterocycles. The molecule has 0 atom stereocenters. The predicted octanol–water partition coefficient (Wildman–Crippen LogP) is 1.08. The molecule has 0 aliphatic rings. The Kier molecular flexibility index (Phi) is 2.78. The van der Waals surface area contributed by atoms with E-state index in [-0.39, 0.29) is 5.91 Å². The van der Waals surface area contributed by atoms with Gasteiger partial charge in [-0.2, -0.15) is 0 Å². The van der Waals surface area contributed by atoms with Gasteiger partial charge >= 0.3 is 0 Å². The average molecular weight is 235 g/mol. The third kappa shape index (κ3) is 2.31. The van der Waals surface area contributed by atoms with Crippen LogP contribution in [0.4, 0.5) is 10.3 Å². The smallest absolute Gasteiger partial charge is 0.259 e. The van der Waals surface area contributed by atoms with E-state index in [9.17, 15) is 4.79 Å². The van der Waals surface area contributed by atoms with Crippen LogP contribution in [0.3, 0.4) is 0 Å². The highest BCUT2D eigenvalue weighted by Gasteiger charge is 2.09. The van der Waals surface area contributed by atoms with E-state index in [2.05, 4.69) is 20.5 Å². The molecule has 2 aromatic heterocycles. The first kappa shape index (κ1) is 10.5. The molecule has 0 fully saturated rings. The maximum absolute atomic E-state index is 11.7. The van der Waals surface area contributed by atoms with Crippen molar-refractivity contribution in [1.29, 1.82) is 0 Å². The Morgan fingerprint density at radius 1 is 1.44 bits per heavy atom. The third-order valence-corrected chi connectivity index (χ3v) is 2.47. The fourth-order valence-corrected chi connectivity index (χ4v) is 1.64. The van der Waals surface area contributed by atoms with Crippen LogP contribution in [0.15, 0.2) is 18.5 Å². The average Bonchev–Trinajstić information content (AvgIpc) is 2.64. The number of carbonyl (C=O) groups excluding carboxylic acids is 1. The van der Waals surface area contributed by atoms with Crippen molar-refractivity contribution in [3.8, 4) is 0 Å². The minimum Gasteiger partial charge on any atom is -0.374 e. The van der Waals surface area contributed by atoms with Crippen LogP contribution in [0.2, 0.25) is 0 Å². The number of aromatic nitrogens is 3. The summed E-state index contributed by atoms with van der Waals surface area (Å²) in [5.41, 5.74) is 6.80. The number of amides is 1. The van der Waals surface area contributed by atoms with E-state index in [0.717, 1.165) is 16.9 Å². The normalized spacial score (nSPS) is 10.1. The lowest BCUT2D eigenvalue weighted by Crippen LogP contribution is -2.12. The van der Waals surface area contributed by atoms with Crippen molar-refractivity contribution in [3.05, 3.63) is 29.6 Å². The highest BCUT2D eigenvalue weighted by atomic mass is 32.1. The number of pyridine rings is 1. The number of nitrogens with zero attached hydrogens (tertiary/aromatic N) is 3. The number of nitrogens with two attached hydrogens (primary N) is 1. The van der Waals surface area contributed by atoms with Crippen molar-refractivity contribution in [2.45, 2.75) is 6.92 Å². The number of carbonyl (C=O) groups is 1. The fourth-order valence-electron chi connectivity index (χ4n) is 1.13. The first-order chi connectivity index (χ1) is 7.65. The van der Waals surface area contributed by atoms with Gasteiger partial charge in [-0.25, -0.2) is 0 Å². The maximum atomic E-state index is 11.7. The van der Waals surface area contributed by atoms with Crippen LogP contribution < -0.4 is 11.1 Å². The zero-order chi connectivity index (χ0) is 11.5. The van der Waals surface area contributed by atoms with Crippen LogP contribution in [0.25, 0.3) is 0 Å². The molecule has 2 rings (SSSR count). The van der Waals surface area contributed by atoms with Crippen LogP contribution in [0, 0.1) is 6.92 Å². The van der Waals surface area contributed by atoms with Crippen LogP contribution in [0.1, 0.15) is 15.9 Å². The molecule has 0 spiro atoms. The first-order valence-corrected chi connectivity index (χ1v) is 5.29. The Bertz CT molecular complexity index is 524. The topological polar surface area (TPSA) is 93.8 Å². The van der Waals surface area contributed by atoms with Crippen molar-refractivity contribution in [1.82, 2.24) is 15.2 Å². The summed E-state index contributed by atoms with van der Waals surface area (Å²) in [6.07, 6.45) is 3.17. The highest BCUT2D eigenvalue weighted by molar-refractivity contribution is 7.19. The Morgan fingerprint density at radius 2 is 2.25 bits per heavy atom. The minimum absolute atomic E-state index is 0.271. The lowest BCUT2D eigenvalue weighted by atomic mass is 10.2. The summed E-state index contributed by atoms with van der Waals surface area (Å²) >= 11 is 1.12. The number of nitrogen functional groups attached to an aromatic ring is 1. The molecule has 3 N–H and O–H groups in total. The van der Waals surface area contributed by atoms with Gasteiger partial charge in [0.15, 0.2) is 0 Å². The van der Waals surface area contributed by atoms with E-state index in [1.165, 1.54) is 6.20 Å². The number of hydrogen-bond donors (Lipinski definition) is 2. The molecule has 6 nitrogen and oxygen atoms in total. The number of anilines is 2. The Balaban J connectivity index is 2.14. The standard InChI is InChI=1S/C9H9N5OS/c1-5-2-6(4-11-3-5)7(15)12-9-14-13-8(10)16-9/h2-4H,1H3,(H2,10,13)(H,12,14,15). The lowest BCUT2D eigenvalue weighted by Gasteiger charge is -2.00. The molecule has 16 heavy (non-hydrogen) atoms. The van der Waals surface area contributed by atoms with Gasteiger partial charge in [0, 0.05) is 12.4 Å². The summed E-state index contributed by atoms with van der Waals surface area (Å²) in [6.45, 7) is 1.87. The Morgan fingerprint density at radius 3 is 2.88 bits per heavy atom. The molecule has 0 aliphatic carbocycles. The van der Waals surface area contributed by atoms with Gasteiger partial charge in [0.1, 0.15) is 0 Å². The van der Waals surface area contributed by atoms with Crippen molar-refractivity contribution >= 4 is 27.5 Å². The van der Waals surface area contributed by atoms with E-state index in [0.29, 0.717) is 15.8 Å². The van der Waals surface area contributed by atoms with Gasteiger partial charge < -0.3 is 5.73 Å². The molecule has 0 aromatic carbocycles. The van der Waals surface area contributed by atoms with Gasteiger partial charge in [0.2, 0.25) is 10.3 Å². The lowest BCUT2D eigenvalue weighted by molar-refractivity contribution is 0.102. The molecule has 0 unspecified atom stereocenters. The number of rotatable bonds is 2. The molecule has 0 aliphatic heterocycles. The molecule has 1 amide bonds. The zero-order valence-electron chi connectivity index (χ0n) is 8.47. The molecule has 82 valence electrons. The van der Waals surface area contributed by atoms with Gasteiger partial charge in [-0.05, 0) is 18.6 Å². The molecule has 0 saturated heterocycles. The molecule has 0 saturated carbocycles. The van der Waals surface area contributed by atoms with E-state index in [1.807, 2.05) is 6.92 Å². The van der Waals surface area contributed by atoms with Crippen LogP contribution in [0.5, 0.6) is 0 Å². The quantitative estimate of drug-likeness (QED) is 0.812. The molecule has 0 bridgehead atoms. The summed E-state index contributed by atoms with van der Waals surface area (Å²) in [6, 6.07) is 1.74. The second-order valence-electron chi connectivity index (χ2n) is 3.15.